The highest BCUT2D eigenvalue weighted by Gasteiger charge is 2.26. The van der Waals surface area contributed by atoms with Crippen molar-refractivity contribution >= 4 is 11.9 Å². The maximum absolute atomic E-state index is 12.0. The molecule has 0 aliphatic carbocycles. The standard InChI is InChI=1S/C19H26N2O3/c1-19(2,3)24-18(23)21-13-9-15(10-14-21)5-4-6-17(22)16-7-11-20-12-8-16/h4,6-8,11-12,15H,5,9-10,13-14H2,1-3H3/b6-4-. The summed E-state index contributed by atoms with van der Waals surface area (Å²) in [7, 11) is 0. The highest BCUT2D eigenvalue weighted by molar-refractivity contribution is 6.04. The van der Waals surface area contributed by atoms with Crippen LogP contribution in [0.2, 0.25) is 0 Å². The van der Waals surface area contributed by atoms with Gasteiger partial charge in [0.15, 0.2) is 5.78 Å². The number of piperidine rings is 1. The molecule has 130 valence electrons. The van der Waals surface area contributed by atoms with Crippen molar-refractivity contribution in [2.45, 2.75) is 45.6 Å². The molecule has 0 unspecified atom stereocenters. The van der Waals surface area contributed by atoms with Crippen LogP contribution in [0.4, 0.5) is 4.79 Å². The summed E-state index contributed by atoms with van der Waals surface area (Å²) in [6.45, 7) is 7.06. The van der Waals surface area contributed by atoms with Gasteiger partial charge < -0.3 is 9.64 Å². The van der Waals surface area contributed by atoms with Crippen LogP contribution in [0.1, 0.15) is 50.4 Å². The summed E-state index contributed by atoms with van der Waals surface area (Å²) in [5.41, 5.74) is 0.199. The third kappa shape index (κ3) is 5.80. The molecule has 0 atom stereocenters. The minimum atomic E-state index is -0.454. The molecular weight excluding hydrogens is 304 g/mol. The van der Waals surface area contributed by atoms with E-state index >= 15 is 0 Å². The average molecular weight is 330 g/mol. The number of ketones is 1. The van der Waals surface area contributed by atoms with E-state index in [-0.39, 0.29) is 11.9 Å². The van der Waals surface area contributed by atoms with Crippen molar-refractivity contribution in [2.75, 3.05) is 13.1 Å². The third-order valence-corrected chi connectivity index (χ3v) is 3.97. The van der Waals surface area contributed by atoms with Crippen molar-refractivity contribution in [1.82, 2.24) is 9.88 Å². The summed E-state index contributed by atoms with van der Waals surface area (Å²) in [5.74, 6) is 0.508. The lowest BCUT2D eigenvalue weighted by molar-refractivity contribution is 0.0185. The summed E-state index contributed by atoms with van der Waals surface area (Å²) in [6.07, 6.45) is 9.32. The molecule has 1 amide bonds. The Kier molecular flexibility index (Phi) is 6.12. The van der Waals surface area contributed by atoms with Gasteiger partial charge in [-0.3, -0.25) is 9.78 Å². The van der Waals surface area contributed by atoms with Crippen molar-refractivity contribution in [3.05, 3.63) is 42.2 Å². The topological polar surface area (TPSA) is 59.5 Å². The van der Waals surface area contributed by atoms with Crippen LogP contribution in [0, 0.1) is 5.92 Å². The van der Waals surface area contributed by atoms with E-state index in [9.17, 15) is 9.59 Å². The fourth-order valence-corrected chi connectivity index (χ4v) is 2.66. The molecule has 1 aromatic rings. The van der Waals surface area contributed by atoms with Gasteiger partial charge >= 0.3 is 6.09 Å². The van der Waals surface area contributed by atoms with Crippen LogP contribution >= 0.6 is 0 Å². The van der Waals surface area contributed by atoms with Gasteiger partial charge in [-0.15, -0.1) is 0 Å². The smallest absolute Gasteiger partial charge is 0.410 e. The van der Waals surface area contributed by atoms with Crippen molar-refractivity contribution in [2.24, 2.45) is 5.92 Å². The van der Waals surface area contributed by atoms with Gasteiger partial charge in [-0.1, -0.05) is 6.08 Å². The number of amides is 1. The molecule has 1 saturated heterocycles. The molecule has 1 aliphatic heterocycles. The van der Waals surface area contributed by atoms with Crippen molar-refractivity contribution in [3.8, 4) is 0 Å². The maximum Gasteiger partial charge on any atom is 0.410 e. The Morgan fingerprint density at radius 1 is 1.25 bits per heavy atom. The summed E-state index contributed by atoms with van der Waals surface area (Å²) < 4.78 is 5.40. The zero-order chi connectivity index (χ0) is 17.6. The Balaban J connectivity index is 1.74. The molecule has 1 fully saturated rings. The molecule has 0 N–H and O–H groups in total. The highest BCUT2D eigenvalue weighted by atomic mass is 16.6. The van der Waals surface area contributed by atoms with E-state index in [1.807, 2.05) is 26.8 Å². The first-order valence-corrected chi connectivity index (χ1v) is 8.44. The zero-order valence-electron chi connectivity index (χ0n) is 14.7. The largest absolute Gasteiger partial charge is 0.444 e. The van der Waals surface area contributed by atoms with Gasteiger partial charge in [0.2, 0.25) is 0 Å². The minimum absolute atomic E-state index is 0.00332. The van der Waals surface area contributed by atoms with E-state index in [1.165, 1.54) is 0 Å². The van der Waals surface area contributed by atoms with Crippen LogP contribution in [0.25, 0.3) is 0 Å². The van der Waals surface area contributed by atoms with Gasteiger partial charge in [-0.2, -0.15) is 0 Å². The van der Waals surface area contributed by atoms with Gasteiger partial charge in [-0.25, -0.2) is 4.79 Å². The number of aromatic nitrogens is 1. The van der Waals surface area contributed by atoms with Crippen molar-refractivity contribution in [3.63, 3.8) is 0 Å². The summed E-state index contributed by atoms with van der Waals surface area (Å²) in [6, 6.07) is 3.43. The zero-order valence-corrected chi connectivity index (χ0v) is 14.7. The first-order valence-electron chi connectivity index (χ1n) is 8.44. The number of carbonyl (C=O) groups is 2. The number of hydrogen-bond donors (Lipinski definition) is 0. The predicted octanol–water partition coefficient (Wildman–Crippen LogP) is 3.86. The second kappa shape index (κ2) is 8.08. The number of pyridine rings is 1. The Morgan fingerprint density at radius 2 is 1.88 bits per heavy atom. The molecule has 24 heavy (non-hydrogen) atoms. The molecule has 5 nitrogen and oxygen atoms in total. The van der Waals surface area contributed by atoms with E-state index < -0.39 is 5.60 Å². The molecule has 2 rings (SSSR count). The lowest BCUT2D eigenvalue weighted by Gasteiger charge is -2.33. The number of carbonyl (C=O) groups excluding carboxylic acids is 2. The second-order valence-electron chi connectivity index (χ2n) is 7.15. The van der Waals surface area contributed by atoms with Crippen molar-refractivity contribution < 1.29 is 14.3 Å². The number of allylic oxidation sites excluding steroid dienone is 2. The van der Waals surface area contributed by atoms with Gasteiger partial charge in [0, 0.05) is 31.0 Å². The second-order valence-corrected chi connectivity index (χ2v) is 7.15. The Labute approximate surface area is 143 Å². The van der Waals surface area contributed by atoms with Crippen molar-refractivity contribution in [1.29, 1.82) is 0 Å². The van der Waals surface area contributed by atoms with Crippen LogP contribution in [-0.2, 0) is 4.74 Å². The highest BCUT2D eigenvalue weighted by Crippen LogP contribution is 2.22. The molecule has 0 bridgehead atoms. The van der Waals surface area contributed by atoms with E-state index in [0.717, 1.165) is 19.3 Å². The monoisotopic (exact) mass is 330 g/mol. The van der Waals surface area contributed by atoms with Crippen LogP contribution in [0.15, 0.2) is 36.7 Å². The fraction of sp³-hybridized carbons (Fsp3) is 0.526. The lowest BCUT2D eigenvalue weighted by Crippen LogP contribution is -2.41. The molecule has 2 heterocycles. The number of hydrogen-bond acceptors (Lipinski definition) is 4. The number of rotatable bonds is 4. The average Bonchev–Trinajstić information content (AvgIpc) is 2.54. The minimum Gasteiger partial charge on any atom is -0.444 e. The summed E-state index contributed by atoms with van der Waals surface area (Å²) >= 11 is 0. The molecule has 1 aromatic heterocycles. The summed E-state index contributed by atoms with van der Waals surface area (Å²) in [4.78, 5) is 29.7. The Hall–Kier alpha value is -2.17. The van der Waals surface area contributed by atoms with E-state index in [1.54, 1.807) is 35.5 Å². The SMILES string of the molecule is CC(C)(C)OC(=O)N1CCC(C/C=C\C(=O)c2ccncc2)CC1. The van der Waals surface area contributed by atoms with Crippen LogP contribution in [-0.4, -0.2) is 40.5 Å². The van der Waals surface area contributed by atoms with Crippen LogP contribution < -0.4 is 0 Å². The Bertz CT molecular complexity index is 582. The van der Waals surface area contributed by atoms with Gasteiger partial charge in [-0.05, 0) is 64.2 Å². The first kappa shape index (κ1) is 18.2. The third-order valence-electron chi connectivity index (χ3n) is 3.97. The van der Waals surface area contributed by atoms with E-state index in [2.05, 4.69) is 4.98 Å². The normalized spacial score (nSPS) is 16.4. The Morgan fingerprint density at radius 3 is 2.46 bits per heavy atom. The number of nitrogens with zero attached hydrogens (tertiary/aromatic N) is 2. The molecule has 1 aliphatic rings. The van der Waals surface area contributed by atoms with Gasteiger partial charge in [0.1, 0.15) is 5.60 Å². The molecule has 0 aromatic carbocycles. The summed E-state index contributed by atoms with van der Waals surface area (Å²) in [5, 5.41) is 0. The maximum atomic E-state index is 12.0. The number of ether oxygens (including phenoxy) is 1. The first-order chi connectivity index (χ1) is 11.3. The van der Waals surface area contributed by atoms with Crippen LogP contribution in [0.3, 0.4) is 0 Å². The fourth-order valence-electron chi connectivity index (χ4n) is 2.66. The molecule has 5 heteroatoms. The van der Waals surface area contributed by atoms with E-state index in [4.69, 9.17) is 4.74 Å². The molecule has 0 radical (unpaired) electrons. The molecule has 0 spiro atoms. The predicted molar refractivity (Wildman–Crippen MR) is 92.9 cm³/mol. The molecular formula is C19H26N2O3. The van der Waals surface area contributed by atoms with E-state index in [0.29, 0.717) is 24.6 Å². The van der Waals surface area contributed by atoms with Gasteiger partial charge in [0.05, 0.1) is 0 Å². The van der Waals surface area contributed by atoms with Crippen LogP contribution in [0.5, 0.6) is 0 Å². The lowest BCUT2D eigenvalue weighted by atomic mass is 9.93. The quantitative estimate of drug-likeness (QED) is 0.621. The number of likely N-dealkylation sites (tertiary alicyclic amines) is 1. The molecule has 0 saturated carbocycles. The van der Waals surface area contributed by atoms with Gasteiger partial charge in [0.25, 0.3) is 0 Å².